The molecule has 1 aromatic carbocycles. The van der Waals surface area contributed by atoms with Gasteiger partial charge in [-0.3, -0.25) is 0 Å². The molecule has 2 N–H and O–H groups in total. The fourth-order valence-electron chi connectivity index (χ4n) is 3.19. The van der Waals surface area contributed by atoms with Gasteiger partial charge in [0.05, 0.1) is 13.7 Å². The lowest BCUT2D eigenvalue weighted by molar-refractivity contribution is 0.183. The summed E-state index contributed by atoms with van der Waals surface area (Å²) in [4.78, 5) is 7.25. The summed E-state index contributed by atoms with van der Waals surface area (Å²) in [5, 5.41) is 6.85. The Morgan fingerprint density at radius 3 is 2.88 bits per heavy atom. The quantitative estimate of drug-likeness (QED) is 0.595. The van der Waals surface area contributed by atoms with Gasteiger partial charge in [0.1, 0.15) is 5.75 Å². The van der Waals surface area contributed by atoms with Crippen molar-refractivity contribution in [2.75, 3.05) is 39.8 Å². The fourth-order valence-corrected chi connectivity index (χ4v) is 3.19. The molecule has 0 amide bonds. The van der Waals surface area contributed by atoms with E-state index in [-0.39, 0.29) is 0 Å². The van der Waals surface area contributed by atoms with Crippen molar-refractivity contribution in [3.63, 3.8) is 0 Å². The van der Waals surface area contributed by atoms with E-state index < -0.39 is 0 Å². The zero-order valence-corrected chi connectivity index (χ0v) is 15.3. The van der Waals surface area contributed by atoms with Crippen LogP contribution in [0.25, 0.3) is 0 Å². The lowest BCUT2D eigenvalue weighted by Crippen LogP contribution is -2.44. The standard InChI is InChI=1S/C19H32N4O/c1-4-20-19(21-13-16-9-8-12-23(5-2)15-16)22-14-17-10-6-7-11-18(17)24-3/h6-7,10-11,16H,4-5,8-9,12-15H2,1-3H3,(H2,20,21,22). The number of nitrogens with zero attached hydrogens (tertiary/aromatic N) is 2. The van der Waals surface area contributed by atoms with E-state index in [2.05, 4.69) is 35.4 Å². The van der Waals surface area contributed by atoms with E-state index >= 15 is 0 Å². The first-order valence-corrected chi connectivity index (χ1v) is 9.13. The minimum absolute atomic E-state index is 0.616. The smallest absolute Gasteiger partial charge is 0.191 e. The van der Waals surface area contributed by atoms with E-state index in [0.29, 0.717) is 12.5 Å². The summed E-state index contributed by atoms with van der Waals surface area (Å²) >= 11 is 0. The summed E-state index contributed by atoms with van der Waals surface area (Å²) in [6.45, 7) is 10.4. The number of rotatable bonds is 7. The number of hydrogen-bond donors (Lipinski definition) is 2. The number of para-hydroxylation sites is 1. The molecule has 1 aromatic rings. The van der Waals surface area contributed by atoms with Gasteiger partial charge >= 0.3 is 0 Å². The van der Waals surface area contributed by atoms with Crippen LogP contribution in [0, 0.1) is 5.92 Å². The lowest BCUT2D eigenvalue weighted by atomic mass is 9.98. The normalized spacial score (nSPS) is 19.1. The van der Waals surface area contributed by atoms with Crippen LogP contribution in [0.2, 0.25) is 0 Å². The number of ether oxygens (including phenoxy) is 1. The molecule has 0 saturated carbocycles. The zero-order valence-electron chi connectivity index (χ0n) is 15.3. The highest BCUT2D eigenvalue weighted by Crippen LogP contribution is 2.18. The first-order chi connectivity index (χ1) is 11.8. The molecule has 1 aliphatic heterocycles. The maximum Gasteiger partial charge on any atom is 0.191 e. The number of hydrogen-bond acceptors (Lipinski definition) is 3. The SMILES string of the molecule is CCNC(=NCc1ccccc1OC)NCC1CCCN(CC)C1. The molecule has 0 aliphatic carbocycles. The van der Waals surface area contributed by atoms with Crippen molar-refractivity contribution in [3.05, 3.63) is 29.8 Å². The van der Waals surface area contributed by atoms with Crippen LogP contribution in [0.3, 0.4) is 0 Å². The Labute approximate surface area is 146 Å². The van der Waals surface area contributed by atoms with E-state index in [0.717, 1.165) is 36.9 Å². The molecule has 0 spiro atoms. The van der Waals surface area contributed by atoms with Gasteiger partial charge in [-0.05, 0) is 44.8 Å². The largest absolute Gasteiger partial charge is 0.496 e. The van der Waals surface area contributed by atoms with Gasteiger partial charge in [0.15, 0.2) is 5.96 Å². The van der Waals surface area contributed by atoms with Gasteiger partial charge in [-0.15, -0.1) is 0 Å². The molecule has 0 radical (unpaired) electrons. The molecule has 5 nitrogen and oxygen atoms in total. The number of guanidine groups is 1. The second kappa shape index (κ2) is 10.2. The van der Waals surface area contributed by atoms with Crippen LogP contribution in [-0.2, 0) is 6.54 Å². The third-order valence-corrected chi connectivity index (χ3v) is 4.55. The summed E-state index contributed by atoms with van der Waals surface area (Å²) in [7, 11) is 1.70. The Hall–Kier alpha value is -1.75. The minimum Gasteiger partial charge on any atom is -0.496 e. The van der Waals surface area contributed by atoms with Crippen molar-refractivity contribution in [2.45, 2.75) is 33.2 Å². The monoisotopic (exact) mass is 332 g/mol. The molecule has 5 heteroatoms. The molecule has 1 saturated heterocycles. The third kappa shape index (κ3) is 5.71. The Balaban J connectivity index is 1.90. The van der Waals surface area contributed by atoms with Crippen molar-refractivity contribution in [1.82, 2.24) is 15.5 Å². The highest BCUT2D eigenvalue weighted by atomic mass is 16.5. The van der Waals surface area contributed by atoms with E-state index in [4.69, 9.17) is 9.73 Å². The topological polar surface area (TPSA) is 48.9 Å². The second-order valence-corrected chi connectivity index (χ2v) is 6.29. The van der Waals surface area contributed by atoms with Gasteiger partial charge in [-0.1, -0.05) is 25.1 Å². The van der Waals surface area contributed by atoms with E-state index in [1.54, 1.807) is 7.11 Å². The first kappa shape index (κ1) is 18.6. The summed E-state index contributed by atoms with van der Waals surface area (Å²) in [5.41, 5.74) is 1.10. The number of nitrogens with one attached hydrogen (secondary N) is 2. The Kier molecular flexibility index (Phi) is 7.89. The molecule has 1 atom stereocenters. The van der Waals surface area contributed by atoms with E-state index in [1.165, 1.54) is 25.9 Å². The minimum atomic E-state index is 0.616. The van der Waals surface area contributed by atoms with Crippen LogP contribution in [0.4, 0.5) is 0 Å². The molecule has 0 bridgehead atoms. The maximum atomic E-state index is 5.40. The van der Waals surface area contributed by atoms with Crippen molar-refractivity contribution in [2.24, 2.45) is 10.9 Å². The molecular weight excluding hydrogens is 300 g/mol. The van der Waals surface area contributed by atoms with Crippen molar-refractivity contribution in [3.8, 4) is 5.75 Å². The highest BCUT2D eigenvalue weighted by Gasteiger charge is 2.18. The van der Waals surface area contributed by atoms with Crippen molar-refractivity contribution >= 4 is 5.96 Å². The molecule has 0 aromatic heterocycles. The number of benzene rings is 1. The summed E-state index contributed by atoms with van der Waals surface area (Å²) in [5.74, 6) is 2.48. The predicted molar refractivity (Wildman–Crippen MR) is 101 cm³/mol. The van der Waals surface area contributed by atoms with Crippen LogP contribution in [0.5, 0.6) is 5.75 Å². The average Bonchev–Trinajstić information content (AvgIpc) is 2.64. The maximum absolute atomic E-state index is 5.40. The van der Waals surface area contributed by atoms with Gasteiger partial charge < -0.3 is 20.3 Å². The van der Waals surface area contributed by atoms with Gasteiger partial charge in [0, 0.05) is 25.2 Å². The summed E-state index contributed by atoms with van der Waals surface area (Å²) in [6, 6.07) is 8.05. The van der Waals surface area contributed by atoms with Crippen molar-refractivity contribution < 1.29 is 4.74 Å². The zero-order chi connectivity index (χ0) is 17.2. The van der Waals surface area contributed by atoms with E-state index in [1.807, 2.05) is 18.2 Å². The molecular formula is C19H32N4O. The fraction of sp³-hybridized carbons (Fsp3) is 0.632. The molecule has 1 aliphatic rings. The third-order valence-electron chi connectivity index (χ3n) is 4.55. The molecule has 1 heterocycles. The first-order valence-electron chi connectivity index (χ1n) is 9.13. The van der Waals surface area contributed by atoms with Crippen LogP contribution < -0.4 is 15.4 Å². The number of aliphatic imine (C=N–C) groups is 1. The Morgan fingerprint density at radius 2 is 2.12 bits per heavy atom. The average molecular weight is 332 g/mol. The Bertz CT molecular complexity index is 518. The number of likely N-dealkylation sites (tertiary alicyclic amines) is 1. The number of methoxy groups -OCH3 is 1. The number of piperidine rings is 1. The van der Waals surface area contributed by atoms with Gasteiger partial charge in [0.25, 0.3) is 0 Å². The summed E-state index contributed by atoms with van der Waals surface area (Å²) < 4.78 is 5.40. The molecule has 1 fully saturated rings. The second-order valence-electron chi connectivity index (χ2n) is 6.29. The van der Waals surface area contributed by atoms with Gasteiger partial charge in [-0.25, -0.2) is 4.99 Å². The highest BCUT2D eigenvalue weighted by molar-refractivity contribution is 5.79. The molecule has 24 heavy (non-hydrogen) atoms. The van der Waals surface area contributed by atoms with Crippen LogP contribution in [0.1, 0.15) is 32.3 Å². The van der Waals surface area contributed by atoms with Crippen LogP contribution >= 0.6 is 0 Å². The Morgan fingerprint density at radius 1 is 1.29 bits per heavy atom. The molecule has 134 valence electrons. The summed E-state index contributed by atoms with van der Waals surface area (Å²) in [6.07, 6.45) is 2.60. The van der Waals surface area contributed by atoms with Gasteiger partial charge in [-0.2, -0.15) is 0 Å². The van der Waals surface area contributed by atoms with Gasteiger partial charge in [0.2, 0.25) is 0 Å². The van der Waals surface area contributed by atoms with Crippen molar-refractivity contribution in [1.29, 1.82) is 0 Å². The van der Waals surface area contributed by atoms with Crippen LogP contribution in [-0.4, -0.2) is 50.7 Å². The lowest BCUT2D eigenvalue weighted by Gasteiger charge is -2.32. The molecule has 2 rings (SSSR count). The molecule has 1 unspecified atom stereocenters. The van der Waals surface area contributed by atoms with E-state index in [9.17, 15) is 0 Å². The predicted octanol–water partition coefficient (Wildman–Crippen LogP) is 2.48. The van der Waals surface area contributed by atoms with Crippen LogP contribution in [0.15, 0.2) is 29.3 Å².